The van der Waals surface area contributed by atoms with Crippen LogP contribution in [0.4, 0.5) is 0 Å². The number of H-pyrrole nitrogens is 1. The van der Waals surface area contributed by atoms with Crippen molar-refractivity contribution >= 4 is 11.8 Å². The summed E-state index contributed by atoms with van der Waals surface area (Å²) in [6.07, 6.45) is 0. The fourth-order valence-corrected chi connectivity index (χ4v) is 3.20. The van der Waals surface area contributed by atoms with Crippen molar-refractivity contribution in [1.82, 2.24) is 20.0 Å². The van der Waals surface area contributed by atoms with E-state index in [1.54, 1.807) is 17.9 Å². The highest BCUT2D eigenvalue weighted by Crippen LogP contribution is 2.17. The smallest absolute Gasteiger partial charge is 0.275 e. The van der Waals surface area contributed by atoms with E-state index in [0.29, 0.717) is 43.5 Å². The zero-order chi connectivity index (χ0) is 19.4. The number of carbonyl (C=O) groups is 2. The van der Waals surface area contributed by atoms with Crippen molar-refractivity contribution in [2.45, 2.75) is 33.4 Å². The molecule has 0 aliphatic carbocycles. The maximum atomic E-state index is 12.8. The van der Waals surface area contributed by atoms with E-state index in [2.05, 4.69) is 24.0 Å². The lowest BCUT2D eigenvalue weighted by Crippen LogP contribution is -2.58. The molecule has 2 amide bonds. The minimum absolute atomic E-state index is 0.00790. The lowest BCUT2D eigenvalue weighted by molar-refractivity contribution is -0.140. The first-order valence-electron chi connectivity index (χ1n) is 9.27. The summed E-state index contributed by atoms with van der Waals surface area (Å²) in [6, 6.07) is 10.7. The van der Waals surface area contributed by atoms with Crippen molar-refractivity contribution in [3.05, 3.63) is 47.8 Å². The van der Waals surface area contributed by atoms with Gasteiger partial charge >= 0.3 is 0 Å². The second-order valence-corrected chi connectivity index (χ2v) is 7.23. The Hall–Kier alpha value is -2.83. The number of hydrogen-bond acceptors (Lipinski definition) is 4. The number of hydrogen-bond donors (Lipinski definition) is 1. The van der Waals surface area contributed by atoms with Crippen molar-refractivity contribution in [3.63, 3.8) is 0 Å². The Balaban J connectivity index is 1.61. The van der Waals surface area contributed by atoms with Gasteiger partial charge in [-0.15, -0.1) is 0 Å². The molecule has 0 saturated carbocycles. The van der Waals surface area contributed by atoms with Gasteiger partial charge in [-0.1, -0.05) is 32.0 Å². The summed E-state index contributed by atoms with van der Waals surface area (Å²) >= 11 is 0. The molecule has 27 heavy (non-hydrogen) atoms. The molecule has 1 fully saturated rings. The van der Waals surface area contributed by atoms with Gasteiger partial charge in [-0.25, -0.2) is 0 Å². The number of aromatic nitrogens is 2. The van der Waals surface area contributed by atoms with Crippen LogP contribution in [-0.4, -0.2) is 57.5 Å². The van der Waals surface area contributed by atoms with Crippen molar-refractivity contribution in [1.29, 1.82) is 0 Å². The molecule has 1 N–H and O–H groups in total. The fraction of sp³-hybridized carbons (Fsp3) is 0.450. The van der Waals surface area contributed by atoms with Crippen LogP contribution in [0, 0.1) is 5.92 Å². The van der Waals surface area contributed by atoms with Crippen molar-refractivity contribution in [2.24, 2.45) is 5.92 Å². The van der Waals surface area contributed by atoms with Crippen LogP contribution in [0.2, 0.25) is 0 Å². The van der Waals surface area contributed by atoms with Crippen LogP contribution in [0.1, 0.15) is 37.0 Å². The van der Waals surface area contributed by atoms with Gasteiger partial charge in [0, 0.05) is 19.6 Å². The minimum Gasteiger partial charge on any atom is -0.487 e. The third-order valence-electron chi connectivity index (χ3n) is 4.58. The van der Waals surface area contributed by atoms with Gasteiger partial charge in [0.25, 0.3) is 5.91 Å². The lowest BCUT2D eigenvalue weighted by Gasteiger charge is -2.39. The summed E-state index contributed by atoms with van der Waals surface area (Å²) < 4.78 is 5.66. The Morgan fingerprint density at radius 2 is 2.04 bits per heavy atom. The number of aromatic amines is 1. The molecule has 1 aromatic carbocycles. The number of carbonyl (C=O) groups excluding carboxylic acids is 2. The van der Waals surface area contributed by atoms with Gasteiger partial charge < -0.3 is 14.5 Å². The van der Waals surface area contributed by atoms with Gasteiger partial charge in [-0.3, -0.25) is 14.7 Å². The van der Waals surface area contributed by atoms with Gasteiger partial charge in [-0.05, 0) is 31.0 Å². The number of benzene rings is 1. The Morgan fingerprint density at radius 3 is 2.74 bits per heavy atom. The molecule has 1 saturated heterocycles. The number of nitrogens with zero attached hydrogens (tertiary/aromatic N) is 3. The normalized spacial score (nSPS) is 17.5. The molecule has 0 bridgehead atoms. The van der Waals surface area contributed by atoms with E-state index in [1.807, 2.05) is 35.2 Å². The highest BCUT2D eigenvalue weighted by Gasteiger charge is 2.35. The average molecular weight is 370 g/mol. The number of amides is 2. The molecule has 1 aliphatic rings. The monoisotopic (exact) mass is 370 g/mol. The quantitative estimate of drug-likeness (QED) is 0.846. The van der Waals surface area contributed by atoms with Crippen LogP contribution < -0.4 is 4.74 Å². The molecule has 0 radical (unpaired) electrons. The summed E-state index contributed by atoms with van der Waals surface area (Å²) in [5.41, 5.74) is 1.01. The third kappa shape index (κ3) is 4.48. The second kappa shape index (κ2) is 8.24. The van der Waals surface area contributed by atoms with Crippen molar-refractivity contribution in [3.8, 4) is 5.75 Å². The first-order chi connectivity index (χ1) is 13.0. The Bertz CT molecular complexity index is 788. The summed E-state index contributed by atoms with van der Waals surface area (Å²) in [6.45, 7) is 8.02. The molecule has 0 spiro atoms. The van der Waals surface area contributed by atoms with E-state index in [1.165, 1.54) is 0 Å². The molecule has 3 rings (SSSR count). The van der Waals surface area contributed by atoms with Gasteiger partial charge in [0.15, 0.2) is 5.69 Å². The van der Waals surface area contributed by atoms with Crippen LogP contribution in [0.3, 0.4) is 0 Å². The van der Waals surface area contributed by atoms with E-state index in [9.17, 15) is 9.59 Å². The maximum Gasteiger partial charge on any atom is 0.275 e. The van der Waals surface area contributed by atoms with Gasteiger partial charge in [0.2, 0.25) is 5.91 Å². The molecular formula is C20H26N4O3. The number of piperazine rings is 1. The molecule has 2 heterocycles. The molecule has 7 nitrogen and oxygen atoms in total. The van der Waals surface area contributed by atoms with Crippen LogP contribution in [0.5, 0.6) is 5.75 Å². The summed E-state index contributed by atoms with van der Waals surface area (Å²) in [5.74, 6) is 0.913. The predicted octanol–water partition coefficient (Wildman–Crippen LogP) is 2.32. The van der Waals surface area contributed by atoms with E-state index in [-0.39, 0.29) is 11.8 Å². The molecule has 2 aromatic rings. The summed E-state index contributed by atoms with van der Waals surface area (Å²) in [7, 11) is 0. The lowest BCUT2D eigenvalue weighted by atomic mass is 10.1. The first-order valence-corrected chi connectivity index (χ1v) is 9.27. The van der Waals surface area contributed by atoms with Gasteiger partial charge in [-0.2, -0.15) is 5.10 Å². The minimum atomic E-state index is -0.481. The zero-order valence-electron chi connectivity index (χ0n) is 16.0. The van der Waals surface area contributed by atoms with Crippen LogP contribution in [-0.2, 0) is 11.4 Å². The summed E-state index contributed by atoms with van der Waals surface area (Å²) in [4.78, 5) is 28.8. The van der Waals surface area contributed by atoms with E-state index >= 15 is 0 Å². The molecule has 1 atom stereocenters. The fourth-order valence-electron chi connectivity index (χ4n) is 3.20. The summed E-state index contributed by atoms with van der Waals surface area (Å²) in [5, 5.41) is 6.95. The number of nitrogens with one attached hydrogen (secondary N) is 1. The Labute approximate surface area is 159 Å². The van der Waals surface area contributed by atoms with Crippen molar-refractivity contribution in [2.75, 3.05) is 19.6 Å². The molecule has 1 aromatic heterocycles. The molecule has 144 valence electrons. The number of rotatable bonds is 6. The third-order valence-corrected chi connectivity index (χ3v) is 4.58. The number of ether oxygens (including phenoxy) is 1. The van der Waals surface area contributed by atoms with E-state index < -0.39 is 6.04 Å². The highest BCUT2D eigenvalue weighted by molar-refractivity contribution is 5.96. The van der Waals surface area contributed by atoms with Crippen molar-refractivity contribution < 1.29 is 14.3 Å². The molecular weight excluding hydrogens is 344 g/mol. The molecule has 1 aliphatic heterocycles. The first kappa shape index (κ1) is 18.9. The maximum absolute atomic E-state index is 12.8. The standard InChI is InChI=1S/C20H26N4O3/c1-14(2)12-23-9-10-24(15(3)19(23)25)20(26)18-11-16(21-22-18)13-27-17-7-5-4-6-8-17/h4-8,11,14-15H,9-10,12-13H2,1-3H3,(H,21,22). The van der Waals surface area contributed by atoms with Crippen LogP contribution >= 0.6 is 0 Å². The number of para-hydroxylation sites is 1. The van der Waals surface area contributed by atoms with E-state index in [0.717, 1.165) is 5.75 Å². The van der Waals surface area contributed by atoms with Crippen LogP contribution in [0.15, 0.2) is 36.4 Å². The zero-order valence-corrected chi connectivity index (χ0v) is 16.0. The highest BCUT2D eigenvalue weighted by atomic mass is 16.5. The molecule has 7 heteroatoms. The SMILES string of the molecule is CC(C)CN1CCN(C(=O)c2cc(COc3ccccc3)[nH]n2)C(C)C1=O. The second-order valence-electron chi connectivity index (χ2n) is 7.23. The van der Waals surface area contributed by atoms with Crippen LogP contribution in [0.25, 0.3) is 0 Å². The van der Waals surface area contributed by atoms with E-state index in [4.69, 9.17) is 4.74 Å². The Kier molecular flexibility index (Phi) is 5.78. The van der Waals surface area contributed by atoms with Gasteiger partial charge in [0.1, 0.15) is 18.4 Å². The van der Waals surface area contributed by atoms with Gasteiger partial charge in [0.05, 0.1) is 5.69 Å². The topological polar surface area (TPSA) is 78.5 Å². The Morgan fingerprint density at radius 1 is 1.30 bits per heavy atom. The largest absolute Gasteiger partial charge is 0.487 e. The predicted molar refractivity (Wildman–Crippen MR) is 101 cm³/mol. The average Bonchev–Trinajstić information content (AvgIpc) is 3.13. The molecule has 1 unspecified atom stereocenters.